The first-order chi connectivity index (χ1) is 13.0. The van der Waals surface area contributed by atoms with Crippen LogP contribution in [0.1, 0.15) is 5.56 Å². The minimum absolute atomic E-state index is 0.0249. The summed E-state index contributed by atoms with van der Waals surface area (Å²) in [7, 11) is -4.59. The fourth-order valence-electron chi connectivity index (χ4n) is 2.28. The maximum Gasteiger partial charge on any atom is 0.242 e. The van der Waals surface area contributed by atoms with E-state index in [-0.39, 0.29) is 17.1 Å². The van der Waals surface area contributed by atoms with Crippen LogP contribution < -0.4 is 9.62 Å². The SMILES string of the molecule is CN(C)S(=O)(=O)c1ccc(N(CC(=O)NCc2ccncc2)S(C)(=O)=O)cc1. The number of carbonyl (C=O) groups is 1. The second-order valence-electron chi connectivity index (χ2n) is 6.18. The normalized spacial score (nSPS) is 12.0. The van der Waals surface area contributed by atoms with Gasteiger partial charge in [0, 0.05) is 33.0 Å². The number of anilines is 1. The summed E-state index contributed by atoms with van der Waals surface area (Å²) in [6.45, 7) is -0.192. The van der Waals surface area contributed by atoms with Gasteiger partial charge in [-0.05, 0) is 42.0 Å². The van der Waals surface area contributed by atoms with E-state index in [0.29, 0.717) is 0 Å². The number of pyridine rings is 1. The van der Waals surface area contributed by atoms with E-state index in [2.05, 4.69) is 10.3 Å². The molecule has 0 radical (unpaired) electrons. The van der Waals surface area contributed by atoms with Crippen LogP contribution in [0.2, 0.25) is 0 Å². The average molecular weight is 427 g/mol. The number of hydrogen-bond acceptors (Lipinski definition) is 6. The van der Waals surface area contributed by atoms with Gasteiger partial charge in [0.1, 0.15) is 6.54 Å². The second-order valence-corrected chi connectivity index (χ2v) is 10.2. The molecule has 0 unspecified atom stereocenters. The highest BCUT2D eigenvalue weighted by atomic mass is 32.2. The summed E-state index contributed by atoms with van der Waals surface area (Å²) in [4.78, 5) is 16.1. The van der Waals surface area contributed by atoms with Crippen molar-refractivity contribution < 1.29 is 21.6 Å². The van der Waals surface area contributed by atoms with E-state index in [0.717, 1.165) is 20.4 Å². The summed E-state index contributed by atoms with van der Waals surface area (Å²) in [5.74, 6) is -0.493. The topological polar surface area (TPSA) is 117 Å². The maximum atomic E-state index is 12.2. The molecule has 28 heavy (non-hydrogen) atoms. The van der Waals surface area contributed by atoms with Crippen molar-refractivity contribution in [1.29, 1.82) is 0 Å². The van der Waals surface area contributed by atoms with Crippen molar-refractivity contribution in [1.82, 2.24) is 14.6 Å². The van der Waals surface area contributed by atoms with Gasteiger partial charge in [0.05, 0.1) is 16.8 Å². The molecule has 0 bridgehead atoms. The third kappa shape index (κ3) is 5.50. The van der Waals surface area contributed by atoms with Crippen molar-refractivity contribution in [3.63, 3.8) is 0 Å². The van der Waals surface area contributed by atoms with Gasteiger partial charge in [0.2, 0.25) is 26.0 Å². The van der Waals surface area contributed by atoms with E-state index in [1.165, 1.54) is 38.4 Å². The first-order valence-corrected chi connectivity index (χ1v) is 11.5. The van der Waals surface area contributed by atoms with Gasteiger partial charge >= 0.3 is 0 Å². The fraction of sp³-hybridized carbons (Fsp3) is 0.294. The monoisotopic (exact) mass is 426 g/mol. The van der Waals surface area contributed by atoms with E-state index >= 15 is 0 Å². The van der Waals surface area contributed by atoms with Crippen LogP contribution >= 0.6 is 0 Å². The summed E-state index contributed by atoms with van der Waals surface area (Å²) in [6.07, 6.45) is 4.16. The molecule has 0 saturated heterocycles. The molecule has 0 aliphatic carbocycles. The molecule has 2 aromatic rings. The molecule has 0 spiro atoms. The molecule has 0 aliphatic heterocycles. The Hall–Kier alpha value is -2.50. The smallest absolute Gasteiger partial charge is 0.242 e. The summed E-state index contributed by atoms with van der Waals surface area (Å²) in [5.41, 5.74) is 1.02. The molecule has 11 heteroatoms. The van der Waals surface area contributed by atoms with E-state index < -0.39 is 32.5 Å². The van der Waals surface area contributed by atoms with Gasteiger partial charge < -0.3 is 5.32 Å². The fourth-order valence-corrected chi connectivity index (χ4v) is 4.04. The second kappa shape index (κ2) is 8.67. The average Bonchev–Trinajstić information content (AvgIpc) is 2.64. The zero-order valence-corrected chi connectivity index (χ0v) is 17.4. The van der Waals surface area contributed by atoms with Gasteiger partial charge in [0.25, 0.3) is 0 Å². The van der Waals surface area contributed by atoms with Gasteiger partial charge in [-0.15, -0.1) is 0 Å². The van der Waals surface area contributed by atoms with Crippen molar-refractivity contribution in [2.24, 2.45) is 0 Å². The number of hydrogen-bond donors (Lipinski definition) is 1. The standard InChI is InChI=1S/C17H22N4O5S2/c1-20(2)28(25,26)16-6-4-15(5-7-16)21(27(3,23)24)13-17(22)19-12-14-8-10-18-11-9-14/h4-11H,12-13H2,1-3H3,(H,19,22). The molecule has 1 amide bonds. The lowest BCUT2D eigenvalue weighted by atomic mass is 10.3. The van der Waals surface area contributed by atoms with Gasteiger partial charge in [-0.2, -0.15) is 0 Å². The van der Waals surface area contributed by atoms with Crippen LogP contribution in [0, 0.1) is 0 Å². The number of nitrogens with zero attached hydrogens (tertiary/aromatic N) is 3. The van der Waals surface area contributed by atoms with Gasteiger partial charge in [0.15, 0.2) is 0 Å². The Bertz CT molecular complexity index is 1020. The van der Waals surface area contributed by atoms with Crippen LogP contribution in [0.4, 0.5) is 5.69 Å². The van der Waals surface area contributed by atoms with E-state index in [9.17, 15) is 21.6 Å². The molecule has 152 valence electrons. The molecule has 0 fully saturated rings. The maximum absolute atomic E-state index is 12.2. The Morgan fingerprint density at radius 1 is 1.00 bits per heavy atom. The Balaban J connectivity index is 2.17. The largest absolute Gasteiger partial charge is 0.350 e. The van der Waals surface area contributed by atoms with Gasteiger partial charge in [-0.1, -0.05) is 0 Å². The van der Waals surface area contributed by atoms with E-state index in [1.807, 2.05) is 0 Å². The number of rotatable bonds is 8. The first-order valence-electron chi connectivity index (χ1n) is 8.18. The Labute approximate surface area is 165 Å². The predicted molar refractivity (Wildman–Crippen MR) is 106 cm³/mol. The van der Waals surface area contributed by atoms with Crippen LogP contribution in [-0.4, -0.2) is 58.9 Å². The highest BCUT2D eigenvalue weighted by molar-refractivity contribution is 7.92. The summed E-state index contributed by atoms with van der Waals surface area (Å²) < 4.78 is 50.5. The number of sulfonamides is 2. The Kier molecular flexibility index (Phi) is 6.75. The third-order valence-corrected chi connectivity index (χ3v) is 6.80. The molecule has 0 saturated carbocycles. The number of aromatic nitrogens is 1. The third-order valence-electron chi connectivity index (χ3n) is 3.83. The molecule has 1 aromatic heterocycles. The van der Waals surface area contributed by atoms with Gasteiger partial charge in [-0.25, -0.2) is 21.1 Å². The number of amides is 1. The lowest BCUT2D eigenvalue weighted by Gasteiger charge is -2.22. The molecule has 0 aliphatic rings. The van der Waals surface area contributed by atoms with Crippen LogP contribution in [-0.2, 0) is 31.4 Å². The molecule has 2 rings (SSSR count). The number of nitrogens with one attached hydrogen (secondary N) is 1. The van der Waals surface area contributed by atoms with Crippen LogP contribution in [0.15, 0.2) is 53.7 Å². The molecule has 1 N–H and O–H groups in total. The zero-order valence-electron chi connectivity index (χ0n) is 15.7. The summed E-state index contributed by atoms with van der Waals surface area (Å²) in [5, 5.41) is 2.65. The van der Waals surface area contributed by atoms with Crippen molar-refractivity contribution in [3.8, 4) is 0 Å². The number of benzene rings is 1. The summed E-state index contributed by atoms with van der Waals surface area (Å²) >= 11 is 0. The molecule has 1 aromatic carbocycles. The Morgan fingerprint density at radius 3 is 2.07 bits per heavy atom. The molecule has 9 nitrogen and oxygen atoms in total. The quantitative estimate of drug-likeness (QED) is 0.654. The minimum atomic E-state index is -3.76. The molecular weight excluding hydrogens is 404 g/mol. The lowest BCUT2D eigenvalue weighted by Crippen LogP contribution is -2.40. The highest BCUT2D eigenvalue weighted by Crippen LogP contribution is 2.21. The minimum Gasteiger partial charge on any atom is -0.350 e. The van der Waals surface area contributed by atoms with Crippen molar-refractivity contribution >= 4 is 31.6 Å². The number of carbonyl (C=O) groups excluding carboxylic acids is 1. The first kappa shape index (κ1) is 21.8. The van der Waals surface area contributed by atoms with Gasteiger partial charge in [-0.3, -0.25) is 14.1 Å². The van der Waals surface area contributed by atoms with Crippen molar-refractivity contribution in [3.05, 3.63) is 54.4 Å². The van der Waals surface area contributed by atoms with Crippen molar-refractivity contribution in [2.45, 2.75) is 11.4 Å². The van der Waals surface area contributed by atoms with E-state index in [4.69, 9.17) is 0 Å². The molecule has 0 atom stereocenters. The predicted octanol–water partition coefficient (Wildman–Crippen LogP) is 0.414. The highest BCUT2D eigenvalue weighted by Gasteiger charge is 2.22. The van der Waals surface area contributed by atoms with Crippen molar-refractivity contribution in [2.75, 3.05) is 31.2 Å². The lowest BCUT2D eigenvalue weighted by molar-refractivity contribution is -0.119. The zero-order chi connectivity index (χ0) is 20.9. The van der Waals surface area contributed by atoms with E-state index in [1.54, 1.807) is 24.5 Å². The van der Waals surface area contributed by atoms with Crippen LogP contribution in [0.25, 0.3) is 0 Å². The molecular formula is C17H22N4O5S2. The van der Waals surface area contributed by atoms with Crippen LogP contribution in [0.5, 0.6) is 0 Å². The van der Waals surface area contributed by atoms with Crippen LogP contribution in [0.3, 0.4) is 0 Å². The molecule has 1 heterocycles. The Morgan fingerprint density at radius 2 is 1.57 bits per heavy atom. The summed E-state index contributed by atoms with van der Waals surface area (Å²) in [6, 6.07) is 8.79.